The Morgan fingerprint density at radius 3 is 2.46 bits per heavy atom. The average molecular weight is 327 g/mol. The highest BCUT2D eigenvalue weighted by molar-refractivity contribution is 5.90. The fraction of sp³-hybridized carbons (Fsp3) is 0.389. The lowest BCUT2D eigenvalue weighted by Crippen LogP contribution is -2.35. The number of benzene rings is 1. The highest BCUT2D eigenvalue weighted by atomic mass is 16.5. The van der Waals surface area contributed by atoms with E-state index in [0.717, 1.165) is 44.5 Å². The molecule has 3 rings (SSSR count). The zero-order chi connectivity index (χ0) is 16.8. The molecular weight excluding hydrogens is 306 g/mol. The molecule has 0 saturated carbocycles. The Kier molecular flexibility index (Phi) is 5.25. The zero-order valence-electron chi connectivity index (χ0n) is 13.6. The molecule has 1 saturated heterocycles. The topological polar surface area (TPSA) is 64.4 Å². The van der Waals surface area contributed by atoms with Crippen LogP contribution in [0.1, 0.15) is 36.0 Å². The molecule has 0 spiro atoms. The van der Waals surface area contributed by atoms with Crippen LogP contribution in [0.2, 0.25) is 0 Å². The minimum absolute atomic E-state index is 0.124. The molecular formula is C18H21N3O3. The number of esters is 1. The van der Waals surface area contributed by atoms with Gasteiger partial charge >= 0.3 is 5.97 Å². The van der Waals surface area contributed by atoms with Crippen LogP contribution in [0.4, 0.5) is 0 Å². The van der Waals surface area contributed by atoms with E-state index >= 15 is 0 Å². The van der Waals surface area contributed by atoms with Crippen LogP contribution in [-0.2, 0) is 9.53 Å². The van der Waals surface area contributed by atoms with E-state index in [2.05, 4.69) is 5.10 Å². The first-order valence-corrected chi connectivity index (χ1v) is 8.29. The molecule has 1 aromatic heterocycles. The number of likely N-dealkylation sites (tertiary alicyclic amines) is 1. The number of rotatable bonds is 4. The van der Waals surface area contributed by atoms with Gasteiger partial charge in [-0.25, -0.2) is 9.48 Å². The average Bonchev–Trinajstić information content (AvgIpc) is 2.96. The number of nitrogens with zero attached hydrogens (tertiary/aromatic N) is 3. The minimum atomic E-state index is -0.527. The largest absolute Gasteiger partial charge is 0.452 e. The van der Waals surface area contributed by atoms with Gasteiger partial charge in [0.05, 0.1) is 17.4 Å². The molecule has 1 amide bonds. The fourth-order valence-corrected chi connectivity index (χ4v) is 2.77. The van der Waals surface area contributed by atoms with Crippen LogP contribution in [0, 0.1) is 0 Å². The lowest BCUT2D eigenvalue weighted by molar-refractivity contribution is -0.134. The lowest BCUT2D eigenvalue weighted by atomic mass is 10.2. The van der Waals surface area contributed by atoms with Gasteiger partial charge in [0.1, 0.15) is 0 Å². The van der Waals surface area contributed by atoms with Crippen LogP contribution in [0.5, 0.6) is 0 Å². The lowest BCUT2D eigenvalue weighted by Gasteiger charge is -2.19. The van der Waals surface area contributed by atoms with Crippen LogP contribution in [0.15, 0.2) is 42.7 Å². The molecule has 0 aliphatic carbocycles. The number of hydrogen-bond donors (Lipinski definition) is 0. The van der Waals surface area contributed by atoms with E-state index in [9.17, 15) is 9.59 Å². The Morgan fingerprint density at radius 2 is 1.75 bits per heavy atom. The molecule has 2 heterocycles. The fourth-order valence-electron chi connectivity index (χ4n) is 2.77. The number of aromatic nitrogens is 2. The van der Waals surface area contributed by atoms with Gasteiger partial charge in [0.2, 0.25) is 0 Å². The monoisotopic (exact) mass is 327 g/mol. The highest BCUT2D eigenvalue weighted by Gasteiger charge is 2.18. The minimum Gasteiger partial charge on any atom is -0.452 e. The summed E-state index contributed by atoms with van der Waals surface area (Å²) in [6.07, 6.45) is 7.40. The van der Waals surface area contributed by atoms with Gasteiger partial charge < -0.3 is 9.64 Å². The maximum atomic E-state index is 12.1. The van der Waals surface area contributed by atoms with Gasteiger partial charge in [-0.3, -0.25) is 4.79 Å². The first-order chi connectivity index (χ1) is 11.7. The van der Waals surface area contributed by atoms with Gasteiger partial charge in [0, 0.05) is 19.3 Å². The van der Waals surface area contributed by atoms with Crippen molar-refractivity contribution in [2.45, 2.75) is 25.7 Å². The Balaban J connectivity index is 1.55. The van der Waals surface area contributed by atoms with E-state index in [1.807, 2.05) is 30.3 Å². The standard InChI is InChI=1S/C18H21N3O3/c22-17(20-10-6-1-2-7-11-20)14-24-18(23)15-12-19-21(13-15)16-8-4-3-5-9-16/h3-5,8-9,12-13H,1-2,6-7,10-11,14H2. The number of para-hydroxylation sites is 1. The third-order valence-electron chi connectivity index (χ3n) is 4.12. The number of carbonyl (C=O) groups is 2. The van der Waals surface area contributed by atoms with Crippen molar-refractivity contribution < 1.29 is 14.3 Å². The molecule has 6 heteroatoms. The molecule has 0 atom stereocenters. The predicted octanol–water partition coefficient (Wildman–Crippen LogP) is 2.43. The molecule has 0 unspecified atom stereocenters. The second kappa shape index (κ2) is 7.77. The molecule has 0 bridgehead atoms. The predicted molar refractivity (Wildman–Crippen MR) is 88.9 cm³/mol. The van der Waals surface area contributed by atoms with Crippen molar-refractivity contribution in [1.82, 2.24) is 14.7 Å². The van der Waals surface area contributed by atoms with E-state index in [-0.39, 0.29) is 12.5 Å². The van der Waals surface area contributed by atoms with Gasteiger partial charge in [-0.05, 0) is 25.0 Å². The molecule has 24 heavy (non-hydrogen) atoms. The van der Waals surface area contributed by atoms with Crippen molar-refractivity contribution in [2.24, 2.45) is 0 Å². The number of hydrogen-bond acceptors (Lipinski definition) is 4. The first kappa shape index (κ1) is 16.2. The summed E-state index contributed by atoms with van der Waals surface area (Å²) in [5, 5.41) is 4.16. The molecule has 1 aliphatic heterocycles. The van der Waals surface area contributed by atoms with Crippen molar-refractivity contribution in [3.8, 4) is 5.69 Å². The van der Waals surface area contributed by atoms with Crippen LogP contribution in [-0.4, -0.2) is 46.3 Å². The Bertz CT molecular complexity index is 689. The third-order valence-corrected chi connectivity index (χ3v) is 4.12. The van der Waals surface area contributed by atoms with Crippen LogP contribution >= 0.6 is 0 Å². The van der Waals surface area contributed by atoms with Gasteiger partial charge in [0.15, 0.2) is 6.61 Å². The molecule has 1 aromatic carbocycles. The second-order valence-electron chi connectivity index (χ2n) is 5.88. The Morgan fingerprint density at radius 1 is 1.04 bits per heavy atom. The van der Waals surface area contributed by atoms with Crippen LogP contribution in [0.25, 0.3) is 5.69 Å². The summed E-state index contributed by atoms with van der Waals surface area (Å²) >= 11 is 0. The summed E-state index contributed by atoms with van der Waals surface area (Å²) in [5.74, 6) is -0.652. The molecule has 0 radical (unpaired) electrons. The highest BCUT2D eigenvalue weighted by Crippen LogP contribution is 2.11. The van der Waals surface area contributed by atoms with Crippen molar-refractivity contribution in [3.63, 3.8) is 0 Å². The van der Waals surface area contributed by atoms with E-state index in [1.165, 1.54) is 6.20 Å². The maximum Gasteiger partial charge on any atom is 0.341 e. The van der Waals surface area contributed by atoms with Gasteiger partial charge in [-0.15, -0.1) is 0 Å². The molecule has 6 nitrogen and oxygen atoms in total. The van der Waals surface area contributed by atoms with E-state index < -0.39 is 5.97 Å². The van der Waals surface area contributed by atoms with E-state index in [4.69, 9.17) is 4.74 Å². The molecule has 2 aromatic rings. The molecule has 1 aliphatic rings. The first-order valence-electron chi connectivity index (χ1n) is 8.29. The Hall–Kier alpha value is -2.63. The second-order valence-corrected chi connectivity index (χ2v) is 5.88. The smallest absolute Gasteiger partial charge is 0.341 e. The summed E-state index contributed by atoms with van der Waals surface area (Å²) < 4.78 is 6.75. The summed E-state index contributed by atoms with van der Waals surface area (Å²) in [6.45, 7) is 1.29. The normalized spacial score (nSPS) is 14.9. The molecule has 1 fully saturated rings. The maximum absolute atomic E-state index is 12.1. The summed E-state index contributed by atoms with van der Waals surface area (Å²) in [4.78, 5) is 26.0. The van der Waals surface area contributed by atoms with Crippen molar-refractivity contribution >= 4 is 11.9 Å². The quantitative estimate of drug-likeness (QED) is 0.809. The molecule has 0 N–H and O–H groups in total. The number of ether oxygens (including phenoxy) is 1. The summed E-state index contributed by atoms with van der Waals surface area (Å²) in [6, 6.07) is 9.50. The van der Waals surface area contributed by atoms with Crippen LogP contribution < -0.4 is 0 Å². The van der Waals surface area contributed by atoms with E-state index in [0.29, 0.717) is 5.56 Å². The van der Waals surface area contributed by atoms with E-state index in [1.54, 1.807) is 15.8 Å². The SMILES string of the molecule is O=C(OCC(=O)N1CCCCCC1)c1cnn(-c2ccccc2)c1. The van der Waals surface area contributed by atoms with Crippen LogP contribution in [0.3, 0.4) is 0 Å². The third kappa shape index (κ3) is 4.01. The summed E-state index contributed by atoms with van der Waals surface area (Å²) in [5.41, 5.74) is 1.19. The van der Waals surface area contributed by atoms with Crippen molar-refractivity contribution in [3.05, 3.63) is 48.3 Å². The Labute approximate surface area is 141 Å². The van der Waals surface area contributed by atoms with Gasteiger partial charge in [-0.2, -0.15) is 5.10 Å². The van der Waals surface area contributed by atoms with Crippen molar-refractivity contribution in [1.29, 1.82) is 0 Å². The van der Waals surface area contributed by atoms with Gasteiger partial charge in [-0.1, -0.05) is 31.0 Å². The number of carbonyl (C=O) groups excluding carboxylic acids is 2. The zero-order valence-corrected chi connectivity index (χ0v) is 13.6. The van der Waals surface area contributed by atoms with Crippen molar-refractivity contribution in [2.75, 3.05) is 19.7 Å². The molecule has 126 valence electrons. The number of amides is 1. The van der Waals surface area contributed by atoms with Gasteiger partial charge in [0.25, 0.3) is 5.91 Å². The summed E-state index contributed by atoms with van der Waals surface area (Å²) in [7, 11) is 0.